The number of nitrogens with one attached hydrogen (secondary N) is 1. The van der Waals surface area contributed by atoms with Crippen LogP contribution in [0.3, 0.4) is 0 Å². The minimum atomic E-state index is -3.30. The Morgan fingerprint density at radius 2 is 1.69 bits per heavy atom. The summed E-state index contributed by atoms with van der Waals surface area (Å²) < 4.78 is 26.7. The minimum absolute atomic E-state index is 0.0938. The van der Waals surface area contributed by atoms with Gasteiger partial charge in [-0.25, -0.2) is 8.42 Å². The topological polar surface area (TPSA) is 66.5 Å². The molecule has 5 nitrogen and oxygen atoms in total. The van der Waals surface area contributed by atoms with Crippen molar-refractivity contribution in [2.75, 3.05) is 21.9 Å². The normalized spacial score (nSPS) is 13.5. The Balaban J connectivity index is 1.43. The first-order valence-electron chi connectivity index (χ1n) is 11.0. The molecule has 1 amide bonds. The molecule has 0 unspecified atom stereocenters. The maximum absolute atomic E-state index is 12.6. The van der Waals surface area contributed by atoms with Gasteiger partial charge in [0.2, 0.25) is 15.9 Å². The fourth-order valence-corrected chi connectivity index (χ4v) is 5.76. The van der Waals surface area contributed by atoms with E-state index in [9.17, 15) is 13.2 Å². The number of aryl methyl sites for hydroxylation is 1. The molecule has 1 N–H and O–H groups in total. The molecule has 1 aliphatic heterocycles. The number of hydrogen-bond acceptors (Lipinski definition) is 3. The summed E-state index contributed by atoms with van der Waals surface area (Å²) in [6.45, 7) is 2.39. The van der Waals surface area contributed by atoms with Crippen molar-refractivity contribution in [2.24, 2.45) is 0 Å². The van der Waals surface area contributed by atoms with Gasteiger partial charge in [-0.1, -0.05) is 61.5 Å². The number of nitrogens with zero attached hydrogens (tertiary/aromatic N) is 1. The molecule has 0 fully saturated rings. The molecule has 0 bridgehead atoms. The summed E-state index contributed by atoms with van der Waals surface area (Å²) in [7, 11) is -3.30. The monoisotopic (exact) mass is 448 g/mol. The van der Waals surface area contributed by atoms with Crippen LogP contribution in [-0.4, -0.2) is 26.6 Å². The van der Waals surface area contributed by atoms with E-state index in [-0.39, 0.29) is 18.1 Å². The Bertz CT molecular complexity index is 1190. The van der Waals surface area contributed by atoms with Crippen molar-refractivity contribution in [3.05, 3.63) is 83.9 Å². The standard InChI is InChI=1S/C26H28N2O3S/c1-2-17-32(30,31)28-16-6-9-23-19-24(14-15-25(23)28)27-26(29)18-20-10-12-22(13-11-20)21-7-4-3-5-8-21/h3-5,7-8,10-15,19H,2,6,9,16-18H2,1H3,(H,27,29). The number of fused-ring (bicyclic) bond motifs is 1. The van der Waals surface area contributed by atoms with Crippen molar-refractivity contribution in [3.63, 3.8) is 0 Å². The number of sulfonamides is 1. The van der Waals surface area contributed by atoms with Gasteiger partial charge in [0.25, 0.3) is 0 Å². The zero-order chi connectivity index (χ0) is 22.6. The van der Waals surface area contributed by atoms with Gasteiger partial charge in [0.15, 0.2) is 0 Å². The van der Waals surface area contributed by atoms with Gasteiger partial charge in [0, 0.05) is 12.2 Å². The van der Waals surface area contributed by atoms with Crippen LogP contribution < -0.4 is 9.62 Å². The molecule has 1 heterocycles. The van der Waals surface area contributed by atoms with E-state index in [1.807, 2.05) is 61.5 Å². The Labute approximate surface area is 190 Å². The van der Waals surface area contributed by atoms with Gasteiger partial charge >= 0.3 is 0 Å². The lowest BCUT2D eigenvalue weighted by atomic mass is 10.0. The van der Waals surface area contributed by atoms with E-state index >= 15 is 0 Å². The van der Waals surface area contributed by atoms with Crippen LogP contribution in [0.25, 0.3) is 11.1 Å². The molecule has 166 valence electrons. The van der Waals surface area contributed by atoms with Crippen LogP contribution in [0.2, 0.25) is 0 Å². The molecule has 3 aromatic rings. The van der Waals surface area contributed by atoms with Crippen molar-refractivity contribution in [1.29, 1.82) is 0 Å². The summed E-state index contributed by atoms with van der Waals surface area (Å²) >= 11 is 0. The van der Waals surface area contributed by atoms with Crippen molar-refractivity contribution < 1.29 is 13.2 Å². The molecule has 3 aromatic carbocycles. The highest BCUT2D eigenvalue weighted by molar-refractivity contribution is 7.92. The third-order valence-corrected chi connectivity index (χ3v) is 7.64. The third-order valence-electron chi connectivity index (χ3n) is 5.66. The molecular formula is C26H28N2O3S. The van der Waals surface area contributed by atoms with Crippen LogP contribution in [0, 0.1) is 0 Å². The van der Waals surface area contributed by atoms with Crippen molar-refractivity contribution >= 4 is 27.3 Å². The number of rotatable bonds is 7. The average Bonchev–Trinajstić information content (AvgIpc) is 2.79. The number of carbonyl (C=O) groups is 1. The Morgan fingerprint density at radius 3 is 2.41 bits per heavy atom. The summed E-state index contributed by atoms with van der Waals surface area (Å²) in [5.74, 6) is 0.0530. The zero-order valence-corrected chi connectivity index (χ0v) is 19.1. The van der Waals surface area contributed by atoms with Gasteiger partial charge < -0.3 is 5.32 Å². The highest BCUT2D eigenvalue weighted by atomic mass is 32.2. The molecule has 0 radical (unpaired) electrons. The summed E-state index contributed by atoms with van der Waals surface area (Å²) in [6, 6.07) is 23.6. The van der Waals surface area contributed by atoms with E-state index in [4.69, 9.17) is 0 Å². The van der Waals surface area contributed by atoms with Gasteiger partial charge in [-0.15, -0.1) is 0 Å². The van der Waals surface area contributed by atoms with Gasteiger partial charge in [-0.2, -0.15) is 0 Å². The molecule has 0 saturated carbocycles. The highest BCUT2D eigenvalue weighted by Gasteiger charge is 2.26. The number of carbonyl (C=O) groups excluding carboxylic acids is 1. The lowest BCUT2D eigenvalue weighted by molar-refractivity contribution is -0.115. The number of amides is 1. The molecule has 32 heavy (non-hydrogen) atoms. The average molecular weight is 449 g/mol. The van der Waals surface area contributed by atoms with Crippen molar-refractivity contribution in [2.45, 2.75) is 32.6 Å². The molecule has 0 aromatic heterocycles. The van der Waals surface area contributed by atoms with E-state index < -0.39 is 10.0 Å². The largest absolute Gasteiger partial charge is 0.326 e. The number of anilines is 2. The number of benzene rings is 3. The zero-order valence-electron chi connectivity index (χ0n) is 18.3. The van der Waals surface area contributed by atoms with E-state index in [0.717, 1.165) is 40.8 Å². The van der Waals surface area contributed by atoms with E-state index in [1.165, 1.54) is 4.31 Å². The smallest absolute Gasteiger partial charge is 0.235 e. The fourth-order valence-electron chi connectivity index (χ4n) is 4.13. The summed E-state index contributed by atoms with van der Waals surface area (Å²) in [5.41, 5.74) is 5.60. The molecule has 6 heteroatoms. The lowest BCUT2D eigenvalue weighted by Crippen LogP contribution is -2.37. The predicted octanol–water partition coefficient (Wildman–Crippen LogP) is 5.03. The van der Waals surface area contributed by atoms with Crippen LogP contribution in [0.15, 0.2) is 72.8 Å². The summed E-state index contributed by atoms with van der Waals surface area (Å²) in [4.78, 5) is 12.6. The molecular weight excluding hydrogens is 420 g/mol. The SMILES string of the molecule is CCCS(=O)(=O)N1CCCc2cc(NC(=O)Cc3ccc(-c4ccccc4)cc3)ccc21. The molecule has 4 rings (SSSR count). The second kappa shape index (κ2) is 9.57. The third kappa shape index (κ3) is 5.02. The fraction of sp³-hybridized carbons (Fsp3) is 0.269. The van der Waals surface area contributed by atoms with Crippen LogP contribution in [0.1, 0.15) is 30.9 Å². The second-order valence-electron chi connectivity index (χ2n) is 8.12. The van der Waals surface area contributed by atoms with Crippen molar-refractivity contribution in [3.8, 4) is 11.1 Å². The Morgan fingerprint density at radius 1 is 0.969 bits per heavy atom. The Kier molecular flexibility index (Phi) is 6.61. The molecule has 0 spiro atoms. The summed E-state index contributed by atoms with van der Waals surface area (Å²) in [5, 5.41) is 2.96. The van der Waals surface area contributed by atoms with Gasteiger partial charge in [-0.05, 0) is 59.7 Å². The molecule has 1 aliphatic rings. The molecule has 0 atom stereocenters. The lowest BCUT2D eigenvalue weighted by Gasteiger charge is -2.30. The maximum atomic E-state index is 12.6. The van der Waals surface area contributed by atoms with Gasteiger partial charge in [-0.3, -0.25) is 9.10 Å². The van der Waals surface area contributed by atoms with E-state index in [2.05, 4.69) is 17.4 Å². The highest BCUT2D eigenvalue weighted by Crippen LogP contribution is 2.32. The van der Waals surface area contributed by atoms with Gasteiger partial charge in [0.05, 0.1) is 17.9 Å². The molecule has 0 aliphatic carbocycles. The predicted molar refractivity (Wildman–Crippen MR) is 130 cm³/mol. The first-order valence-corrected chi connectivity index (χ1v) is 12.6. The van der Waals surface area contributed by atoms with E-state index in [1.54, 1.807) is 6.07 Å². The molecule has 0 saturated heterocycles. The maximum Gasteiger partial charge on any atom is 0.235 e. The van der Waals surface area contributed by atoms with Crippen LogP contribution in [-0.2, 0) is 27.7 Å². The minimum Gasteiger partial charge on any atom is -0.326 e. The van der Waals surface area contributed by atoms with Crippen LogP contribution in [0.4, 0.5) is 11.4 Å². The second-order valence-corrected chi connectivity index (χ2v) is 10.1. The summed E-state index contributed by atoms with van der Waals surface area (Å²) in [6.07, 6.45) is 2.46. The van der Waals surface area contributed by atoms with Crippen LogP contribution in [0.5, 0.6) is 0 Å². The first-order chi connectivity index (χ1) is 15.5. The number of hydrogen-bond donors (Lipinski definition) is 1. The van der Waals surface area contributed by atoms with Crippen LogP contribution >= 0.6 is 0 Å². The first kappa shape index (κ1) is 22.1. The quantitative estimate of drug-likeness (QED) is 0.551. The van der Waals surface area contributed by atoms with E-state index in [0.29, 0.717) is 18.7 Å². The van der Waals surface area contributed by atoms with Crippen molar-refractivity contribution in [1.82, 2.24) is 0 Å². The van der Waals surface area contributed by atoms with Gasteiger partial charge in [0.1, 0.15) is 0 Å². The Hall–Kier alpha value is -3.12.